The van der Waals surface area contributed by atoms with Crippen LogP contribution in [0.1, 0.15) is 17.4 Å². The van der Waals surface area contributed by atoms with Crippen molar-refractivity contribution < 1.29 is 14.7 Å². The van der Waals surface area contributed by atoms with E-state index in [-0.39, 0.29) is 16.9 Å². The molecular formula is C10H12N2O3S. The first-order chi connectivity index (χ1) is 7.54. The van der Waals surface area contributed by atoms with E-state index in [9.17, 15) is 9.59 Å². The van der Waals surface area contributed by atoms with Crippen LogP contribution in [0.2, 0.25) is 0 Å². The van der Waals surface area contributed by atoms with Crippen molar-refractivity contribution in [3.8, 4) is 0 Å². The Bertz CT molecular complexity index is 409. The van der Waals surface area contributed by atoms with Gasteiger partial charge in [-0.1, -0.05) is 0 Å². The summed E-state index contributed by atoms with van der Waals surface area (Å²) in [6.07, 6.45) is 1.42. The van der Waals surface area contributed by atoms with Crippen LogP contribution in [0.25, 0.3) is 0 Å². The van der Waals surface area contributed by atoms with Gasteiger partial charge in [0.1, 0.15) is 5.69 Å². The second-order valence-electron chi connectivity index (χ2n) is 3.06. The fraction of sp³-hybridized carbons (Fsp3) is 0.300. The van der Waals surface area contributed by atoms with Crippen molar-refractivity contribution in [2.45, 2.75) is 17.1 Å². The zero-order chi connectivity index (χ0) is 12.1. The molecule has 16 heavy (non-hydrogen) atoms. The number of carbonyl (C=O) groups is 2. The van der Waals surface area contributed by atoms with Gasteiger partial charge in [0, 0.05) is 18.1 Å². The minimum absolute atomic E-state index is 0.0193. The fourth-order valence-corrected chi connectivity index (χ4v) is 2.01. The smallest absolute Gasteiger partial charge is 0.354 e. The lowest BCUT2D eigenvalue weighted by atomic mass is 10.3. The predicted octanol–water partition coefficient (Wildman–Crippen LogP) is 1.01. The number of carboxylic acid groups (broad SMARTS) is 1. The lowest BCUT2D eigenvalue weighted by Gasteiger charge is -2.09. The molecule has 0 fully saturated rings. The number of hydrogen-bond acceptors (Lipinski definition) is 4. The van der Waals surface area contributed by atoms with E-state index >= 15 is 0 Å². The summed E-state index contributed by atoms with van der Waals surface area (Å²) in [7, 11) is 1.56. The Morgan fingerprint density at radius 2 is 2.25 bits per heavy atom. The summed E-state index contributed by atoms with van der Waals surface area (Å²) < 4.78 is 0. The topological polar surface area (TPSA) is 79.3 Å². The van der Waals surface area contributed by atoms with Gasteiger partial charge in [0.05, 0.1) is 5.25 Å². The first-order valence-electron chi connectivity index (χ1n) is 4.62. The highest BCUT2D eigenvalue weighted by Crippen LogP contribution is 2.23. The fourth-order valence-electron chi connectivity index (χ4n) is 1.06. The van der Waals surface area contributed by atoms with Gasteiger partial charge < -0.3 is 10.4 Å². The normalized spacial score (nSPS) is 11.9. The number of pyridine rings is 1. The maximum atomic E-state index is 11.3. The van der Waals surface area contributed by atoms with E-state index < -0.39 is 5.97 Å². The van der Waals surface area contributed by atoms with Crippen molar-refractivity contribution in [3.05, 3.63) is 24.0 Å². The number of aromatic nitrogens is 1. The highest BCUT2D eigenvalue weighted by atomic mass is 32.2. The largest absolute Gasteiger partial charge is 0.477 e. The molecular weight excluding hydrogens is 228 g/mol. The van der Waals surface area contributed by atoms with Crippen molar-refractivity contribution >= 4 is 23.6 Å². The number of nitrogens with one attached hydrogen (secondary N) is 1. The number of thioether (sulfide) groups is 1. The number of carbonyl (C=O) groups excluding carboxylic acids is 1. The summed E-state index contributed by atoms with van der Waals surface area (Å²) >= 11 is 1.29. The van der Waals surface area contributed by atoms with Crippen LogP contribution in [0, 0.1) is 0 Å². The molecule has 2 N–H and O–H groups in total. The van der Waals surface area contributed by atoms with E-state index in [0.29, 0.717) is 4.90 Å². The van der Waals surface area contributed by atoms with Gasteiger partial charge in [0.15, 0.2) is 0 Å². The van der Waals surface area contributed by atoms with Crippen LogP contribution in [-0.4, -0.2) is 34.3 Å². The molecule has 0 bridgehead atoms. The third-order valence-corrected chi connectivity index (χ3v) is 2.97. The molecule has 5 nitrogen and oxygen atoms in total. The monoisotopic (exact) mass is 240 g/mol. The third-order valence-electron chi connectivity index (χ3n) is 1.88. The minimum atomic E-state index is -1.07. The van der Waals surface area contributed by atoms with Gasteiger partial charge >= 0.3 is 5.97 Å². The predicted molar refractivity (Wildman–Crippen MR) is 60.6 cm³/mol. The minimum Gasteiger partial charge on any atom is -0.477 e. The molecule has 6 heteroatoms. The van der Waals surface area contributed by atoms with Crippen LogP contribution >= 0.6 is 11.8 Å². The molecule has 0 aliphatic heterocycles. The molecule has 0 aliphatic carbocycles. The first-order valence-corrected chi connectivity index (χ1v) is 5.50. The summed E-state index contributed by atoms with van der Waals surface area (Å²) in [5.74, 6) is -1.17. The number of rotatable bonds is 4. The van der Waals surface area contributed by atoms with Crippen molar-refractivity contribution in [2.24, 2.45) is 0 Å². The van der Waals surface area contributed by atoms with Gasteiger partial charge in [-0.05, 0) is 19.1 Å². The summed E-state index contributed by atoms with van der Waals surface area (Å²) in [5.41, 5.74) is -0.0193. The van der Waals surface area contributed by atoms with E-state index in [0.717, 1.165) is 0 Å². The Labute approximate surface area is 97.3 Å². The second-order valence-corrected chi connectivity index (χ2v) is 4.47. The van der Waals surface area contributed by atoms with Crippen LogP contribution in [0.5, 0.6) is 0 Å². The molecule has 0 radical (unpaired) electrons. The number of hydrogen-bond donors (Lipinski definition) is 2. The summed E-state index contributed by atoms with van der Waals surface area (Å²) in [6, 6.07) is 3.13. The second kappa shape index (κ2) is 5.50. The molecule has 0 spiro atoms. The Kier molecular flexibility index (Phi) is 4.30. The highest BCUT2D eigenvalue weighted by molar-refractivity contribution is 8.00. The Morgan fingerprint density at radius 1 is 1.56 bits per heavy atom. The van der Waals surface area contributed by atoms with E-state index in [4.69, 9.17) is 5.11 Å². The number of aromatic carboxylic acids is 1. The molecule has 0 aromatic carbocycles. The molecule has 0 saturated carbocycles. The Balaban J connectivity index is 2.78. The van der Waals surface area contributed by atoms with Gasteiger partial charge in [-0.3, -0.25) is 4.79 Å². The standard InChI is InChI=1S/C10H12N2O3S/c1-6(9(13)11-2)16-7-3-4-12-8(5-7)10(14)15/h3-6H,1-2H3,(H,11,13)(H,14,15). The summed E-state index contributed by atoms with van der Waals surface area (Å²) in [5, 5.41) is 11.0. The van der Waals surface area contributed by atoms with Gasteiger partial charge in [0.2, 0.25) is 5.91 Å². The van der Waals surface area contributed by atoms with Crippen LogP contribution in [0.15, 0.2) is 23.2 Å². The van der Waals surface area contributed by atoms with Gasteiger partial charge in [-0.25, -0.2) is 9.78 Å². The maximum Gasteiger partial charge on any atom is 0.354 e. The lowest BCUT2D eigenvalue weighted by Crippen LogP contribution is -2.27. The van der Waals surface area contributed by atoms with Crippen molar-refractivity contribution in [3.63, 3.8) is 0 Å². The van der Waals surface area contributed by atoms with Crippen LogP contribution in [-0.2, 0) is 4.79 Å². The Hall–Kier alpha value is -1.56. The maximum absolute atomic E-state index is 11.3. The summed E-state index contributed by atoms with van der Waals surface area (Å²) in [4.78, 5) is 26.4. The van der Waals surface area contributed by atoms with Gasteiger partial charge in [-0.2, -0.15) is 0 Å². The van der Waals surface area contributed by atoms with E-state index in [1.807, 2.05) is 0 Å². The van der Waals surface area contributed by atoms with Gasteiger partial charge in [-0.15, -0.1) is 11.8 Å². The van der Waals surface area contributed by atoms with E-state index in [2.05, 4.69) is 10.3 Å². The van der Waals surface area contributed by atoms with Crippen molar-refractivity contribution in [1.82, 2.24) is 10.3 Å². The van der Waals surface area contributed by atoms with Gasteiger partial charge in [0.25, 0.3) is 0 Å². The number of amides is 1. The third kappa shape index (κ3) is 3.23. The molecule has 1 rings (SSSR count). The first kappa shape index (κ1) is 12.5. The SMILES string of the molecule is CNC(=O)C(C)Sc1ccnc(C(=O)O)c1. The van der Waals surface area contributed by atoms with Crippen LogP contribution in [0.4, 0.5) is 0 Å². The van der Waals surface area contributed by atoms with Crippen molar-refractivity contribution in [2.75, 3.05) is 7.05 Å². The molecule has 0 aliphatic rings. The number of carboxylic acids is 1. The molecule has 86 valence electrons. The summed E-state index contributed by atoms with van der Waals surface area (Å²) in [6.45, 7) is 1.75. The highest BCUT2D eigenvalue weighted by Gasteiger charge is 2.13. The van der Waals surface area contributed by atoms with E-state index in [1.54, 1.807) is 20.0 Å². The zero-order valence-corrected chi connectivity index (χ0v) is 9.75. The van der Waals surface area contributed by atoms with E-state index in [1.165, 1.54) is 24.0 Å². The average molecular weight is 240 g/mol. The molecule has 1 heterocycles. The van der Waals surface area contributed by atoms with Crippen LogP contribution in [0.3, 0.4) is 0 Å². The Morgan fingerprint density at radius 3 is 2.81 bits per heavy atom. The number of nitrogens with zero attached hydrogens (tertiary/aromatic N) is 1. The quantitative estimate of drug-likeness (QED) is 0.768. The molecule has 1 unspecified atom stereocenters. The van der Waals surface area contributed by atoms with Crippen molar-refractivity contribution in [1.29, 1.82) is 0 Å². The molecule has 0 saturated heterocycles. The average Bonchev–Trinajstić information content (AvgIpc) is 2.28. The lowest BCUT2D eigenvalue weighted by molar-refractivity contribution is -0.119. The van der Waals surface area contributed by atoms with Crippen LogP contribution < -0.4 is 5.32 Å². The molecule has 1 amide bonds. The molecule has 1 aromatic heterocycles. The zero-order valence-electron chi connectivity index (χ0n) is 8.93. The molecule has 1 atom stereocenters. The molecule has 1 aromatic rings.